The molecule has 2 aromatic rings. The number of aromatic hydroxyl groups is 1. The second-order valence-corrected chi connectivity index (χ2v) is 3.63. The monoisotopic (exact) mass is 242 g/mol. The van der Waals surface area contributed by atoms with Gasteiger partial charge in [0.2, 0.25) is 0 Å². The van der Waals surface area contributed by atoms with Crippen LogP contribution in [0.25, 0.3) is 0 Å². The average Bonchev–Trinajstić information content (AvgIpc) is 2.39. The first-order valence-corrected chi connectivity index (χ1v) is 5.25. The van der Waals surface area contributed by atoms with Gasteiger partial charge in [-0.1, -0.05) is 6.07 Å². The molecule has 0 unspecified atom stereocenters. The molecule has 90 valence electrons. The van der Waals surface area contributed by atoms with Crippen molar-refractivity contribution in [2.75, 3.05) is 0 Å². The predicted molar refractivity (Wildman–Crippen MR) is 64.9 cm³/mol. The van der Waals surface area contributed by atoms with E-state index in [0.717, 1.165) is 0 Å². The summed E-state index contributed by atoms with van der Waals surface area (Å²) in [4.78, 5) is 22.2. The zero-order valence-corrected chi connectivity index (χ0v) is 9.37. The Kier molecular flexibility index (Phi) is 3.38. The number of aldehydes is 1. The zero-order valence-electron chi connectivity index (χ0n) is 9.37. The number of hydrogen-bond acceptors (Lipinski definition) is 4. The first-order valence-electron chi connectivity index (χ1n) is 5.25. The fraction of sp³-hybridized carbons (Fsp3) is 0. The van der Waals surface area contributed by atoms with Gasteiger partial charge in [-0.15, -0.1) is 0 Å². The van der Waals surface area contributed by atoms with Gasteiger partial charge in [-0.2, -0.15) is 0 Å². The van der Waals surface area contributed by atoms with Gasteiger partial charge in [-0.25, -0.2) is 4.79 Å². The molecule has 0 fully saturated rings. The Hall–Kier alpha value is -2.62. The molecule has 0 aromatic heterocycles. The first kappa shape index (κ1) is 11.9. The van der Waals surface area contributed by atoms with Crippen molar-refractivity contribution in [2.45, 2.75) is 0 Å². The minimum Gasteiger partial charge on any atom is -0.508 e. The van der Waals surface area contributed by atoms with E-state index in [1.807, 2.05) is 0 Å². The van der Waals surface area contributed by atoms with Crippen LogP contribution in [0.3, 0.4) is 0 Å². The van der Waals surface area contributed by atoms with E-state index in [0.29, 0.717) is 17.6 Å². The molecular formula is C14H10O4. The van der Waals surface area contributed by atoms with Crippen molar-refractivity contribution in [3.63, 3.8) is 0 Å². The number of esters is 1. The molecule has 0 heterocycles. The summed E-state index contributed by atoms with van der Waals surface area (Å²) in [5, 5.41) is 9.25. The molecule has 0 atom stereocenters. The van der Waals surface area contributed by atoms with Crippen LogP contribution < -0.4 is 4.74 Å². The van der Waals surface area contributed by atoms with Crippen LogP contribution >= 0.6 is 0 Å². The van der Waals surface area contributed by atoms with Crippen LogP contribution in [0.2, 0.25) is 0 Å². The summed E-state index contributed by atoms with van der Waals surface area (Å²) in [6, 6.07) is 12.1. The van der Waals surface area contributed by atoms with Crippen molar-refractivity contribution in [1.82, 2.24) is 0 Å². The Labute approximate surface area is 103 Å². The third kappa shape index (κ3) is 2.74. The highest BCUT2D eigenvalue weighted by molar-refractivity contribution is 5.91. The van der Waals surface area contributed by atoms with E-state index in [1.54, 1.807) is 24.3 Å². The van der Waals surface area contributed by atoms with Crippen LogP contribution in [0, 0.1) is 0 Å². The molecule has 0 aliphatic carbocycles. The van der Waals surface area contributed by atoms with Gasteiger partial charge < -0.3 is 9.84 Å². The molecule has 0 aliphatic heterocycles. The summed E-state index contributed by atoms with van der Waals surface area (Å²) in [6.07, 6.45) is 0.709. The van der Waals surface area contributed by atoms with E-state index < -0.39 is 5.97 Å². The number of phenols is 1. The maximum absolute atomic E-state index is 11.7. The first-order chi connectivity index (χ1) is 8.69. The van der Waals surface area contributed by atoms with Gasteiger partial charge in [-0.05, 0) is 42.5 Å². The molecule has 0 saturated heterocycles. The number of phenolic OH excluding ortho intramolecular Hbond substituents is 1. The molecule has 2 rings (SSSR count). The van der Waals surface area contributed by atoms with Crippen LogP contribution in [0.4, 0.5) is 0 Å². The largest absolute Gasteiger partial charge is 0.508 e. The SMILES string of the molecule is O=Cc1ccc(OC(=O)c2cccc(O)c2)cc1. The highest BCUT2D eigenvalue weighted by atomic mass is 16.5. The third-order valence-corrected chi connectivity index (χ3v) is 2.31. The summed E-state index contributed by atoms with van der Waals surface area (Å²) < 4.78 is 5.09. The van der Waals surface area contributed by atoms with Crippen molar-refractivity contribution >= 4 is 12.3 Å². The lowest BCUT2D eigenvalue weighted by atomic mass is 10.2. The van der Waals surface area contributed by atoms with Crippen molar-refractivity contribution < 1.29 is 19.4 Å². The van der Waals surface area contributed by atoms with Gasteiger partial charge in [0.1, 0.15) is 17.8 Å². The highest BCUT2D eigenvalue weighted by Crippen LogP contribution is 2.16. The second-order valence-electron chi connectivity index (χ2n) is 3.63. The van der Waals surface area contributed by atoms with Crippen LogP contribution in [0.1, 0.15) is 20.7 Å². The van der Waals surface area contributed by atoms with Crippen LogP contribution in [0.5, 0.6) is 11.5 Å². The lowest BCUT2D eigenvalue weighted by molar-refractivity contribution is 0.0734. The summed E-state index contributed by atoms with van der Waals surface area (Å²) in [5.74, 6) is -0.223. The molecular weight excluding hydrogens is 232 g/mol. The van der Waals surface area contributed by atoms with Gasteiger partial charge in [0, 0.05) is 5.56 Å². The van der Waals surface area contributed by atoms with E-state index >= 15 is 0 Å². The Balaban J connectivity index is 2.13. The van der Waals surface area contributed by atoms with Crippen molar-refractivity contribution in [3.05, 3.63) is 59.7 Å². The summed E-state index contributed by atoms with van der Waals surface area (Å²) in [6.45, 7) is 0. The molecule has 18 heavy (non-hydrogen) atoms. The molecule has 0 spiro atoms. The topological polar surface area (TPSA) is 63.6 Å². The fourth-order valence-electron chi connectivity index (χ4n) is 1.41. The Morgan fingerprint density at radius 2 is 1.83 bits per heavy atom. The van der Waals surface area contributed by atoms with Crippen LogP contribution in [-0.2, 0) is 0 Å². The van der Waals surface area contributed by atoms with E-state index in [-0.39, 0.29) is 11.3 Å². The lowest BCUT2D eigenvalue weighted by Gasteiger charge is -2.04. The van der Waals surface area contributed by atoms with Gasteiger partial charge in [0.15, 0.2) is 0 Å². The molecule has 4 nitrogen and oxygen atoms in total. The normalized spacial score (nSPS) is 9.78. The number of benzene rings is 2. The fourth-order valence-corrected chi connectivity index (χ4v) is 1.41. The Morgan fingerprint density at radius 3 is 2.44 bits per heavy atom. The van der Waals surface area contributed by atoms with Gasteiger partial charge in [-0.3, -0.25) is 4.79 Å². The van der Waals surface area contributed by atoms with Crippen LogP contribution in [-0.4, -0.2) is 17.4 Å². The minimum atomic E-state index is -0.565. The Morgan fingerprint density at radius 1 is 1.11 bits per heavy atom. The van der Waals surface area contributed by atoms with Crippen molar-refractivity contribution in [3.8, 4) is 11.5 Å². The number of carbonyl (C=O) groups is 2. The van der Waals surface area contributed by atoms with E-state index in [4.69, 9.17) is 4.74 Å². The molecule has 0 aliphatic rings. The molecule has 0 radical (unpaired) electrons. The number of rotatable bonds is 3. The standard InChI is InChI=1S/C14H10O4/c15-9-10-4-6-13(7-5-10)18-14(17)11-2-1-3-12(16)8-11/h1-9,16H. The number of hydrogen-bond donors (Lipinski definition) is 1. The quantitative estimate of drug-likeness (QED) is 0.510. The zero-order chi connectivity index (χ0) is 13.0. The van der Waals surface area contributed by atoms with E-state index in [2.05, 4.69) is 0 Å². The van der Waals surface area contributed by atoms with E-state index in [1.165, 1.54) is 24.3 Å². The highest BCUT2D eigenvalue weighted by Gasteiger charge is 2.08. The number of carbonyl (C=O) groups excluding carboxylic acids is 2. The smallest absolute Gasteiger partial charge is 0.343 e. The molecule has 4 heteroatoms. The van der Waals surface area contributed by atoms with E-state index in [9.17, 15) is 14.7 Å². The maximum atomic E-state index is 11.7. The van der Waals surface area contributed by atoms with Crippen LogP contribution in [0.15, 0.2) is 48.5 Å². The number of ether oxygens (including phenoxy) is 1. The summed E-state index contributed by atoms with van der Waals surface area (Å²) >= 11 is 0. The summed E-state index contributed by atoms with van der Waals surface area (Å²) in [7, 11) is 0. The maximum Gasteiger partial charge on any atom is 0.343 e. The molecule has 1 N–H and O–H groups in total. The minimum absolute atomic E-state index is 0.000697. The molecule has 0 amide bonds. The van der Waals surface area contributed by atoms with Gasteiger partial charge >= 0.3 is 5.97 Å². The third-order valence-electron chi connectivity index (χ3n) is 2.31. The summed E-state index contributed by atoms with van der Waals surface area (Å²) in [5.41, 5.74) is 0.765. The average molecular weight is 242 g/mol. The predicted octanol–water partition coefficient (Wildman–Crippen LogP) is 2.42. The Bertz CT molecular complexity index is 573. The molecule has 2 aromatic carbocycles. The van der Waals surface area contributed by atoms with Gasteiger partial charge in [0.25, 0.3) is 0 Å². The van der Waals surface area contributed by atoms with Crippen molar-refractivity contribution in [2.24, 2.45) is 0 Å². The molecule has 0 bridgehead atoms. The lowest BCUT2D eigenvalue weighted by Crippen LogP contribution is -2.08. The second kappa shape index (κ2) is 5.14. The molecule has 0 saturated carbocycles. The van der Waals surface area contributed by atoms with Gasteiger partial charge in [0.05, 0.1) is 5.56 Å². The van der Waals surface area contributed by atoms with Crippen molar-refractivity contribution in [1.29, 1.82) is 0 Å².